The Morgan fingerprint density at radius 2 is 1.69 bits per heavy atom. The van der Waals surface area contributed by atoms with E-state index in [9.17, 15) is 24.5 Å². The monoisotopic (exact) mass is 441 g/mol. The lowest BCUT2D eigenvalue weighted by molar-refractivity contribution is -0.385. The summed E-state index contributed by atoms with van der Waals surface area (Å²) in [4.78, 5) is 53.5. The summed E-state index contributed by atoms with van der Waals surface area (Å²) in [6.45, 7) is -0.124. The predicted octanol–water partition coefficient (Wildman–Crippen LogP) is -0.0401. The normalized spacial score (nSPS) is 11.6. The van der Waals surface area contributed by atoms with Gasteiger partial charge in [0, 0.05) is 24.7 Å². The van der Waals surface area contributed by atoms with Crippen LogP contribution >= 0.6 is 0 Å². The summed E-state index contributed by atoms with van der Waals surface area (Å²) >= 11 is 0. The summed E-state index contributed by atoms with van der Waals surface area (Å²) in [5.41, 5.74) is 0.597. The van der Waals surface area contributed by atoms with E-state index in [0.717, 1.165) is 17.7 Å². The van der Waals surface area contributed by atoms with E-state index in [4.69, 9.17) is 9.47 Å². The van der Waals surface area contributed by atoms with E-state index < -0.39 is 22.8 Å². The van der Waals surface area contributed by atoms with Crippen molar-refractivity contribution in [3.05, 3.63) is 62.3 Å². The van der Waals surface area contributed by atoms with Gasteiger partial charge in [0.1, 0.15) is 16.9 Å². The summed E-state index contributed by atoms with van der Waals surface area (Å²) < 4.78 is 10.3. The van der Waals surface area contributed by atoms with E-state index >= 15 is 0 Å². The van der Waals surface area contributed by atoms with E-state index in [2.05, 4.69) is 20.6 Å². The first-order valence-electron chi connectivity index (χ1n) is 9.33. The van der Waals surface area contributed by atoms with E-state index in [1.807, 2.05) is 0 Å². The first-order chi connectivity index (χ1) is 15.3. The van der Waals surface area contributed by atoms with Gasteiger partial charge in [-0.1, -0.05) is 0 Å². The topological polar surface area (TPSA) is 162 Å². The molecule has 0 saturated carbocycles. The molecule has 0 atom stereocenters. The summed E-state index contributed by atoms with van der Waals surface area (Å²) in [6.07, 6.45) is -0.309. The van der Waals surface area contributed by atoms with Crippen molar-refractivity contribution in [2.24, 2.45) is 9.98 Å². The third kappa shape index (κ3) is 5.41. The number of carbonyl (C=O) groups is 3. The molecule has 2 aromatic rings. The van der Waals surface area contributed by atoms with Gasteiger partial charge in [0.05, 0.1) is 37.5 Å². The van der Waals surface area contributed by atoms with Crippen LogP contribution in [0.15, 0.2) is 40.3 Å². The molecule has 1 heterocycles. The highest BCUT2D eigenvalue weighted by molar-refractivity contribution is 5.86. The van der Waals surface area contributed by atoms with Gasteiger partial charge in [-0.2, -0.15) is 9.98 Å². The van der Waals surface area contributed by atoms with E-state index in [-0.39, 0.29) is 41.5 Å². The van der Waals surface area contributed by atoms with Gasteiger partial charge >= 0.3 is 6.03 Å². The van der Waals surface area contributed by atoms with Crippen LogP contribution in [0.1, 0.15) is 11.1 Å². The second-order valence-corrected chi connectivity index (χ2v) is 6.69. The molecular weight excluding hydrogens is 422 g/mol. The highest BCUT2D eigenvalue weighted by atomic mass is 16.6. The minimum absolute atomic E-state index is 0.0402. The number of urea groups is 1. The number of nitrogens with zero attached hydrogens (tertiary/aromatic N) is 3. The number of carbonyl (C=O) groups excluding carboxylic acids is 3. The smallest absolute Gasteiger partial charge is 0.368 e. The molecule has 0 bridgehead atoms. The van der Waals surface area contributed by atoms with Crippen molar-refractivity contribution in [1.29, 1.82) is 0 Å². The lowest BCUT2D eigenvalue weighted by Crippen LogP contribution is -2.38. The highest BCUT2D eigenvalue weighted by Gasteiger charge is 2.18. The maximum absolute atomic E-state index is 12.3. The Labute approximate surface area is 181 Å². The Morgan fingerprint density at radius 3 is 2.31 bits per heavy atom. The Bertz CT molecular complexity index is 1200. The largest absolute Gasteiger partial charge is 0.497 e. The second-order valence-electron chi connectivity index (χ2n) is 6.69. The van der Waals surface area contributed by atoms with Gasteiger partial charge in [0.15, 0.2) is 0 Å². The van der Waals surface area contributed by atoms with Gasteiger partial charge in [0.2, 0.25) is 11.8 Å². The number of nitro benzene ring substituents is 1. The number of nitro groups is 1. The van der Waals surface area contributed by atoms with Gasteiger partial charge in [-0.05, 0) is 23.3 Å². The van der Waals surface area contributed by atoms with Crippen LogP contribution in [0.3, 0.4) is 0 Å². The fraction of sp³-hybridized carbons (Fsp3) is 0.250. The molecular formula is C20H19N5O7. The van der Waals surface area contributed by atoms with Gasteiger partial charge in [-0.25, -0.2) is 4.79 Å². The standard InChI is InChI=1S/C20H19N5O7/c1-31-14-3-11(4-15(8-14)32-2)9-21-18(27)10-22-17(26)6-12-5-13(25(29)30)7-16-19(12)24-20(28)23-16/h3-5,7-8H,6,9-10H2,1-2H3,(H,21,27)(H,22,26). The molecule has 1 aliphatic rings. The van der Waals surface area contributed by atoms with E-state index in [1.165, 1.54) is 14.2 Å². The van der Waals surface area contributed by atoms with Crippen molar-refractivity contribution in [3.8, 4) is 11.5 Å². The van der Waals surface area contributed by atoms with E-state index in [0.29, 0.717) is 11.5 Å². The molecule has 12 heteroatoms. The van der Waals surface area contributed by atoms with Crippen LogP contribution in [-0.4, -0.2) is 43.5 Å². The third-order valence-corrected chi connectivity index (χ3v) is 4.49. The number of amides is 4. The van der Waals surface area contributed by atoms with Crippen molar-refractivity contribution < 1.29 is 28.8 Å². The van der Waals surface area contributed by atoms with Crippen molar-refractivity contribution in [2.75, 3.05) is 20.8 Å². The van der Waals surface area contributed by atoms with Crippen molar-refractivity contribution in [1.82, 2.24) is 10.6 Å². The van der Waals surface area contributed by atoms with Gasteiger partial charge < -0.3 is 20.1 Å². The predicted molar refractivity (Wildman–Crippen MR) is 109 cm³/mol. The molecule has 0 spiro atoms. The molecule has 0 radical (unpaired) electrons. The molecule has 32 heavy (non-hydrogen) atoms. The molecule has 3 rings (SSSR count). The fourth-order valence-corrected chi connectivity index (χ4v) is 2.99. The molecule has 0 saturated heterocycles. The number of methoxy groups -OCH3 is 2. The molecule has 2 aromatic carbocycles. The van der Waals surface area contributed by atoms with Crippen LogP contribution in [0, 0.1) is 10.1 Å². The molecule has 0 aromatic heterocycles. The Morgan fingerprint density at radius 1 is 1.00 bits per heavy atom. The second kappa shape index (κ2) is 9.64. The highest BCUT2D eigenvalue weighted by Crippen LogP contribution is 2.22. The zero-order chi connectivity index (χ0) is 23.3. The van der Waals surface area contributed by atoms with Crippen LogP contribution in [0.4, 0.5) is 10.5 Å². The number of rotatable bonds is 9. The number of hydrogen-bond acceptors (Lipinski definition) is 7. The Balaban J connectivity index is 1.59. The van der Waals surface area contributed by atoms with Crippen LogP contribution in [0.25, 0.3) is 0 Å². The van der Waals surface area contributed by atoms with Crippen molar-refractivity contribution in [2.45, 2.75) is 13.0 Å². The number of non-ortho nitro benzene ring substituents is 1. The Kier molecular flexibility index (Phi) is 6.73. The summed E-state index contributed by atoms with van der Waals surface area (Å²) in [6, 6.07) is 6.65. The molecule has 12 nitrogen and oxygen atoms in total. The van der Waals surface area contributed by atoms with Crippen LogP contribution in [0.5, 0.6) is 11.5 Å². The quantitative estimate of drug-likeness (QED) is 0.407. The number of benzene rings is 2. The third-order valence-electron chi connectivity index (χ3n) is 4.49. The summed E-state index contributed by atoms with van der Waals surface area (Å²) in [7, 11) is 3.03. The first-order valence-corrected chi connectivity index (χ1v) is 9.33. The maximum Gasteiger partial charge on any atom is 0.368 e. The van der Waals surface area contributed by atoms with E-state index in [1.54, 1.807) is 18.2 Å². The lowest BCUT2D eigenvalue weighted by Gasteiger charge is -2.10. The number of fused-ring (bicyclic) bond motifs is 1. The summed E-state index contributed by atoms with van der Waals surface area (Å²) in [5.74, 6) is 0.128. The molecule has 0 fully saturated rings. The SMILES string of the molecule is COc1cc(CNC(=O)CNC(=O)Cc2cc([N+](=O)[O-])cc3c2=NC(=O)N=3)cc(OC)c1. The maximum atomic E-state index is 12.3. The zero-order valence-corrected chi connectivity index (χ0v) is 17.2. The number of hydrogen-bond donors (Lipinski definition) is 2. The number of ether oxygens (including phenoxy) is 2. The van der Waals surface area contributed by atoms with Gasteiger partial charge in [-0.3, -0.25) is 19.7 Å². The molecule has 4 amide bonds. The minimum atomic E-state index is -0.796. The van der Waals surface area contributed by atoms with Crippen molar-refractivity contribution in [3.63, 3.8) is 0 Å². The van der Waals surface area contributed by atoms with Gasteiger partial charge in [-0.15, -0.1) is 0 Å². The Hall–Kier alpha value is -4.35. The average molecular weight is 441 g/mol. The van der Waals surface area contributed by atoms with Crippen molar-refractivity contribution >= 4 is 23.5 Å². The van der Waals surface area contributed by atoms with Crippen LogP contribution in [-0.2, 0) is 22.6 Å². The molecule has 1 aliphatic heterocycles. The van der Waals surface area contributed by atoms with Crippen LogP contribution in [0.2, 0.25) is 0 Å². The number of nitrogens with one attached hydrogen (secondary N) is 2. The average Bonchev–Trinajstić information content (AvgIpc) is 3.16. The molecule has 0 unspecified atom stereocenters. The lowest BCUT2D eigenvalue weighted by atomic mass is 10.1. The molecule has 2 N–H and O–H groups in total. The first kappa shape index (κ1) is 22.3. The zero-order valence-electron chi connectivity index (χ0n) is 17.2. The fourth-order valence-electron chi connectivity index (χ4n) is 2.99. The van der Waals surface area contributed by atoms with Crippen LogP contribution < -0.4 is 30.8 Å². The molecule has 0 aliphatic carbocycles. The molecule has 166 valence electrons. The summed E-state index contributed by atoms with van der Waals surface area (Å²) in [5, 5.41) is 16.3. The minimum Gasteiger partial charge on any atom is -0.497 e. The van der Waals surface area contributed by atoms with Gasteiger partial charge in [0.25, 0.3) is 5.69 Å².